The molecule has 2 aromatic rings. The highest BCUT2D eigenvalue weighted by atomic mass is 16.7. The molecule has 8 heteroatoms. The van der Waals surface area contributed by atoms with Crippen LogP contribution in [0.3, 0.4) is 0 Å². The van der Waals surface area contributed by atoms with Crippen molar-refractivity contribution < 1.29 is 19.1 Å². The molecule has 2 amide bonds. The van der Waals surface area contributed by atoms with Crippen LogP contribution in [0.15, 0.2) is 42.6 Å². The summed E-state index contributed by atoms with van der Waals surface area (Å²) in [5.74, 6) is 1.78. The van der Waals surface area contributed by atoms with E-state index in [1.165, 1.54) is 4.90 Å². The van der Waals surface area contributed by atoms with E-state index in [1.807, 2.05) is 18.2 Å². The van der Waals surface area contributed by atoms with E-state index in [1.54, 1.807) is 24.4 Å². The van der Waals surface area contributed by atoms with Crippen molar-refractivity contribution in [3.63, 3.8) is 0 Å². The lowest BCUT2D eigenvalue weighted by molar-refractivity contribution is -0.123. The molecule has 3 aliphatic rings. The van der Waals surface area contributed by atoms with Crippen LogP contribution in [-0.2, 0) is 9.59 Å². The van der Waals surface area contributed by atoms with Gasteiger partial charge in [0.05, 0.1) is 18.2 Å². The van der Waals surface area contributed by atoms with Crippen molar-refractivity contribution >= 4 is 23.3 Å². The highest BCUT2D eigenvalue weighted by molar-refractivity contribution is 6.22. The molecule has 0 aliphatic carbocycles. The Balaban J connectivity index is 1.29. The molecule has 0 saturated carbocycles. The van der Waals surface area contributed by atoms with Crippen molar-refractivity contribution in [1.29, 1.82) is 0 Å². The normalized spacial score (nSPS) is 22.2. The van der Waals surface area contributed by atoms with Gasteiger partial charge < -0.3 is 14.4 Å². The number of benzene rings is 1. The van der Waals surface area contributed by atoms with Gasteiger partial charge >= 0.3 is 0 Å². The topological polar surface area (TPSA) is 75.2 Å². The van der Waals surface area contributed by atoms with E-state index in [9.17, 15) is 9.59 Å². The first-order chi connectivity index (χ1) is 13.7. The fourth-order valence-electron chi connectivity index (χ4n) is 4.00. The maximum absolute atomic E-state index is 13.0. The molecule has 1 atom stereocenters. The van der Waals surface area contributed by atoms with Gasteiger partial charge in [0.25, 0.3) is 5.91 Å². The molecular weight excluding hydrogens is 360 g/mol. The lowest BCUT2D eigenvalue weighted by Gasteiger charge is -2.37. The molecule has 1 unspecified atom stereocenters. The first-order valence-electron chi connectivity index (χ1n) is 9.37. The van der Waals surface area contributed by atoms with Crippen molar-refractivity contribution in [2.24, 2.45) is 0 Å². The highest BCUT2D eigenvalue weighted by Crippen LogP contribution is 2.37. The van der Waals surface area contributed by atoms with E-state index < -0.39 is 6.04 Å². The standard InChI is InChI=1S/C20H20N4O4/c25-19-12-15(22-7-9-23(10-8-22)18-3-1-2-6-21-18)20(26)24(19)14-4-5-16-17(11-14)28-13-27-16/h1-6,11,15H,7-10,12-13H2. The Hall–Kier alpha value is -3.13. The molecule has 0 N–H and O–H groups in total. The summed E-state index contributed by atoms with van der Waals surface area (Å²) in [6, 6.07) is 10.6. The van der Waals surface area contributed by atoms with Gasteiger partial charge in [-0.3, -0.25) is 14.5 Å². The number of carbonyl (C=O) groups is 2. The number of anilines is 2. The zero-order valence-electron chi connectivity index (χ0n) is 15.3. The van der Waals surface area contributed by atoms with Crippen LogP contribution in [0.2, 0.25) is 0 Å². The van der Waals surface area contributed by atoms with Crippen LogP contribution in [-0.4, -0.2) is 60.7 Å². The number of hydrogen-bond acceptors (Lipinski definition) is 7. The summed E-state index contributed by atoms with van der Waals surface area (Å²) in [7, 11) is 0. The number of ether oxygens (including phenoxy) is 2. The van der Waals surface area contributed by atoms with Gasteiger partial charge in [-0.05, 0) is 24.3 Å². The van der Waals surface area contributed by atoms with E-state index in [-0.39, 0.29) is 25.0 Å². The van der Waals surface area contributed by atoms with Gasteiger partial charge in [0.2, 0.25) is 12.7 Å². The summed E-state index contributed by atoms with van der Waals surface area (Å²) < 4.78 is 10.7. The molecule has 2 saturated heterocycles. The quantitative estimate of drug-likeness (QED) is 0.742. The number of aromatic nitrogens is 1. The van der Waals surface area contributed by atoms with Crippen molar-refractivity contribution in [3.05, 3.63) is 42.6 Å². The Kier molecular flexibility index (Phi) is 4.12. The Morgan fingerprint density at radius 1 is 0.964 bits per heavy atom. The maximum atomic E-state index is 13.0. The number of nitrogens with zero attached hydrogens (tertiary/aromatic N) is 4. The average molecular weight is 380 g/mol. The van der Waals surface area contributed by atoms with Gasteiger partial charge in [0, 0.05) is 38.4 Å². The van der Waals surface area contributed by atoms with Gasteiger partial charge in [0.15, 0.2) is 11.5 Å². The fraction of sp³-hybridized carbons (Fsp3) is 0.350. The highest BCUT2D eigenvalue weighted by Gasteiger charge is 2.43. The summed E-state index contributed by atoms with van der Waals surface area (Å²) >= 11 is 0. The monoisotopic (exact) mass is 380 g/mol. The second-order valence-corrected chi connectivity index (χ2v) is 7.04. The minimum atomic E-state index is -0.413. The summed E-state index contributed by atoms with van der Waals surface area (Å²) in [6.45, 7) is 3.15. The summed E-state index contributed by atoms with van der Waals surface area (Å²) in [5, 5.41) is 0. The number of piperazine rings is 1. The van der Waals surface area contributed by atoms with E-state index in [0.29, 0.717) is 17.2 Å². The van der Waals surface area contributed by atoms with Crippen LogP contribution in [0, 0.1) is 0 Å². The molecule has 28 heavy (non-hydrogen) atoms. The Labute approximate surface area is 162 Å². The summed E-state index contributed by atoms with van der Waals surface area (Å²) in [5.41, 5.74) is 0.536. The van der Waals surface area contributed by atoms with Crippen molar-refractivity contribution in [2.45, 2.75) is 12.5 Å². The Bertz CT molecular complexity index is 912. The maximum Gasteiger partial charge on any atom is 0.251 e. The number of pyridine rings is 1. The van der Waals surface area contributed by atoms with Crippen molar-refractivity contribution in [3.8, 4) is 11.5 Å². The molecule has 1 aromatic heterocycles. The second kappa shape index (κ2) is 6.79. The predicted octanol–water partition coefficient (Wildman–Crippen LogP) is 1.26. The number of hydrogen-bond donors (Lipinski definition) is 0. The molecule has 0 spiro atoms. The molecule has 1 aromatic carbocycles. The van der Waals surface area contributed by atoms with Crippen LogP contribution >= 0.6 is 0 Å². The van der Waals surface area contributed by atoms with Crippen LogP contribution in [0.5, 0.6) is 11.5 Å². The van der Waals surface area contributed by atoms with Gasteiger partial charge in [-0.25, -0.2) is 9.88 Å². The molecule has 144 valence electrons. The number of fused-ring (bicyclic) bond motifs is 1. The van der Waals surface area contributed by atoms with Gasteiger partial charge in [-0.15, -0.1) is 0 Å². The molecule has 2 fully saturated rings. The first kappa shape index (κ1) is 17.0. The van der Waals surface area contributed by atoms with Crippen molar-refractivity contribution in [2.75, 3.05) is 42.8 Å². The van der Waals surface area contributed by atoms with Gasteiger partial charge in [0.1, 0.15) is 5.82 Å². The van der Waals surface area contributed by atoms with Crippen LogP contribution in [0.25, 0.3) is 0 Å². The lowest BCUT2D eigenvalue weighted by atomic mass is 10.1. The number of rotatable bonds is 3. The predicted molar refractivity (Wildman–Crippen MR) is 101 cm³/mol. The molecule has 3 aliphatic heterocycles. The smallest absolute Gasteiger partial charge is 0.251 e. The third-order valence-electron chi connectivity index (χ3n) is 5.47. The van der Waals surface area contributed by atoms with Crippen LogP contribution in [0.4, 0.5) is 11.5 Å². The van der Waals surface area contributed by atoms with E-state index >= 15 is 0 Å². The lowest BCUT2D eigenvalue weighted by Crippen LogP contribution is -2.52. The van der Waals surface area contributed by atoms with Crippen molar-refractivity contribution in [1.82, 2.24) is 9.88 Å². The molecule has 0 radical (unpaired) electrons. The van der Waals surface area contributed by atoms with E-state index in [2.05, 4.69) is 14.8 Å². The number of carbonyl (C=O) groups excluding carboxylic acids is 2. The van der Waals surface area contributed by atoms with Crippen LogP contribution in [0.1, 0.15) is 6.42 Å². The SMILES string of the molecule is O=C1CC(N2CCN(c3ccccn3)CC2)C(=O)N1c1ccc2c(c1)OCO2. The zero-order valence-corrected chi connectivity index (χ0v) is 15.3. The first-order valence-corrected chi connectivity index (χ1v) is 9.37. The third kappa shape index (κ3) is 2.86. The Morgan fingerprint density at radius 2 is 1.79 bits per heavy atom. The largest absolute Gasteiger partial charge is 0.454 e. The summed E-state index contributed by atoms with van der Waals surface area (Å²) in [6.07, 6.45) is 1.99. The average Bonchev–Trinajstić information content (AvgIpc) is 3.32. The minimum absolute atomic E-state index is 0.157. The molecular formula is C20H20N4O4. The van der Waals surface area contributed by atoms with Crippen LogP contribution < -0.4 is 19.3 Å². The second-order valence-electron chi connectivity index (χ2n) is 7.04. The van der Waals surface area contributed by atoms with E-state index in [0.717, 1.165) is 32.0 Å². The molecule has 5 rings (SSSR count). The molecule has 0 bridgehead atoms. The Morgan fingerprint density at radius 3 is 2.57 bits per heavy atom. The van der Waals surface area contributed by atoms with E-state index in [4.69, 9.17) is 9.47 Å². The third-order valence-corrected chi connectivity index (χ3v) is 5.47. The summed E-state index contributed by atoms with van der Waals surface area (Å²) in [4.78, 5) is 35.6. The number of imide groups is 1. The van der Waals surface area contributed by atoms with Gasteiger partial charge in [-0.1, -0.05) is 6.07 Å². The van der Waals surface area contributed by atoms with Gasteiger partial charge in [-0.2, -0.15) is 0 Å². The fourth-order valence-corrected chi connectivity index (χ4v) is 4.00. The molecule has 8 nitrogen and oxygen atoms in total. The minimum Gasteiger partial charge on any atom is -0.454 e. The number of amides is 2. The molecule has 4 heterocycles. The zero-order chi connectivity index (χ0) is 19.1.